The lowest BCUT2D eigenvalue weighted by Gasteiger charge is -2.34. The summed E-state index contributed by atoms with van der Waals surface area (Å²) in [6.07, 6.45) is 4.89. The van der Waals surface area contributed by atoms with Crippen LogP contribution in [0.3, 0.4) is 0 Å². The summed E-state index contributed by atoms with van der Waals surface area (Å²) >= 11 is 0. The second-order valence-corrected chi connectivity index (χ2v) is 6.65. The van der Waals surface area contributed by atoms with E-state index < -0.39 is 0 Å². The third kappa shape index (κ3) is 2.43. The molecule has 2 aromatic heterocycles. The Hall–Kier alpha value is -2.65. The van der Waals surface area contributed by atoms with E-state index in [-0.39, 0.29) is 6.04 Å². The van der Waals surface area contributed by atoms with E-state index in [1.54, 1.807) is 6.20 Å². The lowest BCUT2D eigenvalue weighted by molar-refractivity contribution is 0.222. The zero-order valence-electron chi connectivity index (χ0n) is 14.5. The zero-order chi connectivity index (χ0) is 17.6. The monoisotopic (exact) mass is 335 g/mol. The van der Waals surface area contributed by atoms with Gasteiger partial charge in [-0.15, -0.1) is 0 Å². The van der Waals surface area contributed by atoms with Crippen molar-refractivity contribution < 1.29 is 4.74 Å². The fourth-order valence-corrected chi connectivity index (χ4v) is 4.19. The molecule has 4 heterocycles. The Labute approximate surface area is 147 Å². The summed E-state index contributed by atoms with van der Waals surface area (Å²) in [6.45, 7) is 2.50. The van der Waals surface area contributed by atoms with Crippen molar-refractivity contribution >= 4 is 5.82 Å². The van der Waals surface area contributed by atoms with Gasteiger partial charge in [-0.1, -0.05) is 0 Å². The minimum atomic E-state index is 0.288. The Morgan fingerprint density at radius 3 is 2.92 bits per heavy atom. The molecule has 2 atom stereocenters. The van der Waals surface area contributed by atoms with Crippen molar-refractivity contribution in [2.75, 3.05) is 19.4 Å². The molecule has 0 radical (unpaired) electrons. The van der Waals surface area contributed by atoms with E-state index in [1.807, 2.05) is 19.1 Å². The van der Waals surface area contributed by atoms with Gasteiger partial charge in [0.25, 0.3) is 0 Å². The summed E-state index contributed by atoms with van der Waals surface area (Å²) in [4.78, 5) is 11.4. The van der Waals surface area contributed by atoms with Crippen LogP contribution in [0.4, 0.5) is 5.82 Å². The van der Waals surface area contributed by atoms with E-state index in [0.29, 0.717) is 29.9 Å². The van der Waals surface area contributed by atoms with E-state index in [0.717, 1.165) is 41.6 Å². The second-order valence-electron chi connectivity index (χ2n) is 6.65. The van der Waals surface area contributed by atoms with Gasteiger partial charge >= 0.3 is 0 Å². The molecule has 4 rings (SSSR count). The molecule has 0 amide bonds. The highest BCUT2D eigenvalue weighted by Gasteiger charge is 2.41. The van der Waals surface area contributed by atoms with Gasteiger partial charge in [-0.2, -0.15) is 5.26 Å². The average molecular weight is 335 g/mol. The molecule has 2 aliphatic heterocycles. The van der Waals surface area contributed by atoms with Gasteiger partial charge in [-0.05, 0) is 32.9 Å². The molecule has 0 saturated carbocycles. The Morgan fingerprint density at radius 1 is 1.40 bits per heavy atom. The Kier molecular flexibility index (Phi) is 3.81. The number of nitriles is 1. The Balaban J connectivity index is 1.92. The molecule has 0 unspecified atom stereocenters. The molecule has 2 aromatic rings. The van der Waals surface area contributed by atoms with Crippen LogP contribution in [-0.2, 0) is 6.42 Å². The molecule has 6 nitrogen and oxygen atoms in total. The van der Waals surface area contributed by atoms with Crippen molar-refractivity contribution in [2.45, 2.75) is 38.3 Å². The lowest BCUT2D eigenvalue weighted by Crippen LogP contribution is -2.35. The van der Waals surface area contributed by atoms with Gasteiger partial charge in [-0.25, -0.2) is 9.97 Å². The van der Waals surface area contributed by atoms with Crippen molar-refractivity contribution in [3.05, 3.63) is 35.2 Å². The number of nitrogens with zero attached hydrogens (tertiary/aromatic N) is 4. The predicted molar refractivity (Wildman–Crippen MR) is 95.0 cm³/mol. The van der Waals surface area contributed by atoms with Gasteiger partial charge in [0.05, 0.1) is 6.61 Å². The van der Waals surface area contributed by atoms with Crippen molar-refractivity contribution in [3.8, 4) is 23.1 Å². The van der Waals surface area contributed by atoms with E-state index in [1.165, 1.54) is 0 Å². The lowest BCUT2D eigenvalue weighted by atomic mass is 9.87. The highest BCUT2D eigenvalue weighted by Crippen LogP contribution is 2.47. The fraction of sp³-hybridized carbons (Fsp3) is 0.421. The van der Waals surface area contributed by atoms with E-state index >= 15 is 0 Å². The van der Waals surface area contributed by atoms with Gasteiger partial charge in [0.15, 0.2) is 0 Å². The number of nitrogen functional groups attached to an aromatic ring is 1. The largest absolute Gasteiger partial charge is 0.478 e. The van der Waals surface area contributed by atoms with Gasteiger partial charge in [0.2, 0.25) is 5.88 Å². The summed E-state index contributed by atoms with van der Waals surface area (Å²) in [5.41, 5.74) is 10.5. The van der Waals surface area contributed by atoms with Crippen LogP contribution < -0.4 is 10.5 Å². The molecule has 128 valence electrons. The topological polar surface area (TPSA) is 88.1 Å². The maximum absolute atomic E-state index is 9.71. The summed E-state index contributed by atoms with van der Waals surface area (Å²) in [6, 6.07) is 6.86. The SMILES string of the molecule is CCOc1ccc(-c2c(C#N)c(N)nc3c2[C@H]2CC[C@@H](C3)N2C)cn1. The maximum Gasteiger partial charge on any atom is 0.213 e. The molecule has 2 bridgehead atoms. The highest BCUT2D eigenvalue weighted by atomic mass is 16.5. The van der Waals surface area contributed by atoms with Gasteiger partial charge < -0.3 is 10.5 Å². The average Bonchev–Trinajstić information content (AvgIpc) is 2.85. The summed E-state index contributed by atoms with van der Waals surface area (Å²) in [7, 11) is 2.16. The van der Waals surface area contributed by atoms with Crippen LogP contribution in [0.25, 0.3) is 11.1 Å². The molecular weight excluding hydrogens is 314 g/mol. The summed E-state index contributed by atoms with van der Waals surface area (Å²) < 4.78 is 5.43. The summed E-state index contributed by atoms with van der Waals surface area (Å²) in [5.74, 6) is 0.896. The molecule has 0 spiro atoms. The second kappa shape index (κ2) is 6.01. The third-order valence-electron chi connectivity index (χ3n) is 5.37. The first kappa shape index (κ1) is 15.9. The van der Waals surface area contributed by atoms with Crippen molar-refractivity contribution in [1.29, 1.82) is 5.26 Å². The highest BCUT2D eigenvalue weighted by molar-refractivity contribution is 5.79. The van der Waals surface area contributed by atoms with Crippen molar-refractivity contribution in [2.24, 2.45) is 0 Å². The van der Waals surface area contributed by atoms with Gasteiger partial charge in [0, 0.05) is 53.2 Å². The van der Waals surface area contributed by atoms with Crippen LogP contribution in [0, 0.1) is 11.3 Å². The molecule has 6 heteroatoms. The first-order chi connectivity index (χ1) is 12.1. The van der Waals surface area contributed by atoms with Crippen LogP contribution in [0.15, 0.2) is 18.3 Å². The number of rotatable bonds is 3. The number of nitrogens with two attached hydrogens (primary N) is 1. The van der Waals surface area contributed by atoms with Crippen LogP contribution >= 0.6 is 0 Å². The normalized spacial score (nSPS) is 21.6. The molecule has 25 heavy (non-hydrogen) atoms. The van der Waals surface area contributed by atoms with Crippen molar-refractivity contribution in [3.63, 3.8) is 0 Å². The molecule has 0 aromatic carbocycles. The number of hydrogen-bond donors (Lipinski definition) is 1. The number of aromatic nitrogens is 2. The molecule has 2 aliphatic rings. The number of fused-ring (bicyclic) bond motifs is 4. The standard InChI is InChI=1S/C19H21N5O/c1-3-25-16-7-4-11(10-22-16)17-13(9-20)19(21)23-14-8-12-5-6-15(18(14)17)24(12)2/h4,7,10,12,15H,3,5-6,8H2,1-2H3,(H2,21,23)/t12-,15+/m0/s1. The quantitative estimate of drug-likeness (QED) is 0.928. The van der Waals surface area contributed by atoms with Crippen LogP contribution in [0.2, 0.25) is 0 Å². The number of anilines is 1. The van der Waals surface area contributed by atoms with Crippen molar-refractivity contribution in [1.82, 2.24) is 14.9 Å². The fourth-order valence-electron chi connectivity index (χ4n) is 4.19. The van der Waals surface area contributed by atoms with Crippen LogP contribution in [0.5, 0.6) is 5.88 Å². The Morgan fingerprint density at radius 2 is 2.24 bits per heavy atom. The predicted octanol–water partition coefficient (Wildman–Crippen LogP) is 2.69. The molecular formula is C19H21N5O. The third-order valence-corrected chi connectivity index (χ3v) is 5.37. The number of pyridine rings is 2. The molecule has 1 fully saturated rings. The smallest absolute Gasteiger partial charge is 0.213 e. The minimum absolute atomic E-state index is 0.288. The summed E-state index contributed by atoms with van der Waals surface area (Å²) in [5, 5.41) is 9.71. The zero-order valence-corrected chi connectivity index (χ0v) is 14.5. The van der Waals surface area contributed by atoms with Gasteiger partial charge in [0.1, 0.15) is 17.5 Å². The first-order valence-corrected chi connectivity index (χ1v) is 8.67. The molecule has 1 saturated heterocycles. The Bertz CT molecular complexity index is 856. The first-order valence-electron chi connectivity index (χ1n) is 8.67. The van der Waals surface area contributed by atoms with E-state index in [9.17, 15) is 5.26 Å². The van der Waals surface area contributed by atoms with Gasteiger partial charge in [-0.3, -0.25) is 4.90 Å². The van der Waals surface area contributed by atoms with Crippen LogP contribution in [0.1, 0.15) is 42.6 Å². The number of hydrogen-bond acceptors (Lipinski definition) is 6. The number of ether oxygens (including phenoxy) is 1. The van der Waals surface area contributed by atoms with E-state index in [4.69, 9.17) is 10.5 Å². The number of likely N-dealkylation sites (N-methyl/N-ethyl adjacent to an activating group) is 1. The van der Waals surface area contributed by atoms with Crippen LogP contribution in [-0.4, -0.2) is 34.6 Å². The maximum atomic E-state index is 9.71. The molecule has 2 N–H and O–H groups in total. The minimum Gasteiger partial charge on any atom is -0.478 e. The van der Waals surface area contributed by atoms with E-state index in [2.05, 4.69) is 28.0 Å². The molecule has 0 aliphatic carbocycles.